The molecule has 0 bridgehead atoms. The number of fused-ring (bicyclic) bond motifs is 1. The lowest BCUT2D eigenvalue weighted by atomic mass is 10.0. The Morgan fingerprint density at radius 2 is 2.00 bits per heavy atom. The number of carbonyl (C=O) groups is 1. The van der Waals surface area contributed by atoms with Gasteiger partial charge in [-0.25, -0.2) is 9.97 Å². The van der Waals surface area contributed by atoms with E-state index < -0.39 is 28.7 Å². The summed E-state index contributed by atoms with van der Waals surface area (Å²) in [4.78, 5) is 26.9. The fourth-order valence-electron chi connectivity index (χ4n) is 3.17. The smallest absolute Gasteiger partial charge is 0.306 e. The summed E-state index contributed by atoms with van der Waals surface area (Å²) in [7, 11) is 0. The topological polar surface area (TPSA) is 63.9 Å². The number of benzene rings is 1. The van der Waals surface area contributed by atoms with Crippen LogP contribution in [0, 0.1) is 0 Å². The molecule has 0 saturated heterocycles. The average Bonchev–Trinajstić information content (AvgIpc) is 3.13. The minimum Gasteiger partial charge on any atom is -0.306 e. The highest BCUT2D eigenvalue weighted by Crippen LogP contribution is 2.38. The van der Waals surface area contributed by atoms with E-state index in [1.807, 2.05) is 0 Å². The van der Waals surface area contributed by atoms with E-state index in [-0.39, 0.29) is 5.56 Å². The molecule has 1 unspecified atom stereocenters. The summed E-state index contributed by atoms with van der Waals surface area (Å²) >= 11 is 5.91. The molecule has 0 fully saturated rings. The van der Waals surface area contributed by atoms with Crippen LogP contribution in [0.15, 0.2) is 49.3 Å². The Labute approximate surface area is 168 Å². The van der Waals surface area contributed by atoms with Gasteiger partial charge in [-0.3, -0.25) is 14.3 Å². The van der Waals surface area contributed by atoms with Crippen molar-refractivity contribution in [1.82, 2.24) is 24.4 Å². The second-order valence-electron chi connectivity index (χ2n) is 6.32. The van der Waals surface area contributed by atoms with Gasteiger partial charge in [-0.05, 0) is 25.1 Å². The van der Waals surface area contributed by atoms with Crippen LogP contribution in [-0.2, 0) is 6.18 Å². The normalized spacial score (nSPS) is 16.0. The van der Waals surface area contributed by atoms with Gasteiger partial charge in [-0.15, -0.1) is 0 Å². The van der Waals surface area contributed by atoms with Gasteiger partial charge in [0, 0.05) is 18.6 Å². The summed E-state index contributed by atoms with van der Waals surface area (Å²) in [5, 5.41) is -0.624. The van der Waals surface area contributed by atoms with Gasteiger partial charge < -0.3 is 4.90 Å². The maximum atomic E-state index is 13.1. The molecular weight excluding hydrogens is 407 g/mol. The van der Waals surface area contributed by atoms with Gasteiger partial charge in [0.25, 0.3) is 5.91 Å². The van der Waals surface area contributed by atoms with Gasteiger partial charge in [-0.1, -0.05) is 17.7 Å². The van der Waals surface area contributed by atoms with E-state index in [0.29, 0.717) is 17.2 Å². The summed E-state index contributed by atoms with van der Waals surface area (Å²) < 4.78 is 41.1. The van der Waals surface area contributed by atoms with E-state index in [0.717, 1.165) is 12.1 Å². The molecule has 3 heterocycles. The van der Waals surface area contributed by atoms with E-state index in [1.54, 1.807) is 42.5 Å². The number of imidazole rings is 1. The Morgan fingerprint density at radius 3 is 2.69 bits per heavy atom. The zero-order valence-corrected chi connectivity index (χ0v) is 15.7. The fraction of sp³-hybridized carbons (Fsp3) is 0.158. The monoisotopic (exact) mass is 419 g/mol. The molecule has 148 valence electrons. The van der Waals surface area contributed by atoms with E-state index in [4.69, 9.17) is 11.6 Å². The highest BCUT2D eigenvalue weighted by atomic mass is 35.5. The van der Waals surface area contributed by atoms with E-state index in [1.165, 1.54) is 17.2 Å². The number of nitrogens with zero attached hydrogens (tertiary/aromatic N) is 5. The standard InChI is InChI=1S/C19H13ClF3N5O/c1-11-17-14(28(10-26-17)15-9-24-6-7-25-15)5-8-27(11)18(29)12-3-2-4-13(16(12)20)19(21,22)23/h2-11H,1H3. The van der Waals surface area contributed by atoms with Crippen LogP contribution in [0.2, 0.25) is 5.02 Å². The van der Waals surface area contributed by atoms with Crippen molar-refractivity contribution < 1.29 is 18.0 Å². The summed E-state index contributed by atoms with van der Waals surface area (Å²) in [5.74, 6) is -0.0941. The van der Waals surface area contributed by atoms with Crippen molar-refractivity contribution in [3.05, 3.63) is 76.9 Å². The van der Waals surface area contributed by atoms with Crippen LogP contribution in [0.3, 0.4) is 0 Å². The lowest BCUT2D eigenvalue weighted by Gasteiger charge is -2.29. The number of halogens is 4. The molecule has 4 rings (SSSR count). The Bertz CT molecular complexity index is 1110. The van der Waals surface area contributed by atoms with Gasteiger partial charge >= 0.3 is 6.18 Å². The predicted molar refractivity (Wildman–Crippen MR) is 99.2 cm³/mol. The highest BCUT2D eigenvalue weighted by Gasteiger charge is 2.36. The number of hydrogen-bond donors (Lipinski definition) is 0. The number of amides is 1. The molecule has 3 aromatic rings. The summed E-state index contributed by atoms with van der Waals surface area (Å²) in [6, 6.07) is 2.75. The number of alkyl halides is 3. The number of carbonyl (C=O) groups excluding carboxylic acids is 1. The van der Waals surface area contributed by atoms with Crippen molar-refractivity contribution in [3.63, 3.8) is 0 Å². The Hall–Kier alpha value is -3.20. The SMILES string of the molecule is CC1c2ncn(-c3cnccn3)c2C=CN1C(=O)c1cccc(C(F)(F)F)c1Cl. The molecule has 0 aliphatic carbocycles. The maximum absolute atomic E-state index is 13.1. The molecular formula is C19H13ClF3N5O. The molecule has 10 heteroatoms. The molecule has 1 atom stereocenters. The van der Waals surface area contributed by atoms with Crippen molar-refractivity contribution in [2.24, 2.45) is 0 Å². The molecule has 29 heavy (non-hydrogen) atoms. The predicted octanol–water partition coefficient (Wildman–Crippen LogP) is 4.52. The van der Waals surface area contributed by atoms with Crippen LogP contribution in [0.4, 0.5) is 13.2 Å². The van der Waals surface area contributed by atoms with Gasteiger partial charge in [0.2, 0.25) is 0 Å². The first-order valence-corrected chi connectivity index (χ1v) is 8.87. The minimum atomic E-state index is -4.65. The lowest BCUT2D eigenvalue weighted by molar-refractivity contribution is -0.137. The van der Waals surface area contributed by atoms with Crippen LogP contribution in [0.1, 0.15) is 40.3 Å². The Balaban J connectivity index is 1.70. The van der Waals surface area contributed by atoms with Gasteiger partial charge in [0.1, 0.15) is 6.33 Å². The van der Waals surface area contributed by atoms with Crippen molar-refractivity contribution in [2.45, 2.75) is 19.1 Å². The third-order valence-corrected chi connectivity index (χ3v) is 5.01. The minimum absolute atomic E-state index is 0.227. The Kier molecular flexibility index (Phi) is 4.62. The second-order valence-corrected chi connectivity index (χ2v) is 6.70. The Morgan fingerprint density at radius 1 is 1.21 bits per heavy atom. The molecule has 1 aliphatic rings. The van der Waals surface area contributed by atoms with Crippen molar-refractivity contribution >= 4 is 23.6 Å². The summed E-state index contributed by atoms with van der Waals surface area (Å²) in [6.45, 7) is 1.73. The third kappa shape index (κ3) is 3.27. The summed E-state index contributed by atoms with van der Waals surface area (Å²) in [6.07, 6.45) is 4.71. The van der Waals surface area contributed by atoms with Crippen LogP contribution < -0.4 is 0 Å². The van der Waals surface area contributed by atoms with E-state index >= 15 is 0 Å². The van der Waals surface area contributed by atoms with Crippen molar-refractivity contribution in [2.75, 3.05) is 0 Å². The first kappa shape index (κ1) is 19.1. The fourth-order valence-corrected chi connectivity index (χ4v) is 3.48. The van der Waals surface area contributed by atoms with Gasteiger partial charge in [0.05, 0.1) is 39.8 Å². The van der Waals surface area contributed by atoms with E-state index in [2.05, 4.69) is 15.0 Å². The molecule has 1 amide bonds. The number of rotatable bonds is 2. The molecule has 0 saturated carbocycles. The van der Waals surface area contributed by atoms with E-state index in [9.17, 15) is 18.0 Å². The van der Waals surface area contributed by atoms with Crippen LogP contribution in [0.5, 0.6) is 0 Å². The van der Waals surface area contributed by atoms with Crippen LogP contribution in [-0.4, -0.2) is 30.3 Å². The molecule has 0 N–H and O–H groups in total. The molecule has 1 aromatic carbocycles. The van der Waals surface area contributed by atoms with Crippen molar-refractivity contribution in [3.8, 4) is 5.82 Å². The number of aromatic nitrogens is 4. The quantitative estimate of drug-likeness (QED) is 0.612. The van der Waals surface area contributed by atoms with Gasteiger partial charge in [0.15, 0.2) is 5.82 Å². The summed E-state index contributed by atoms with van der Waals surface area (Å²) in [5.41, 5.74) is 0.00729. The lowest BCUT2D eigenvalue weighted by Crippen LogP contribution is -2.31. The molecule has 0 spiro atoms. The van der Waals surface area contributed by atoms with Crippen LogP contribution >= 0.6 is 11.6 Å². The zero-order valence-electron chi connectivity index (χ0n) is 14.9. The maximum Gasteiger partial charge on any atom is 0.417 e. The van der Waals surface area contributed by atoms with Gasteiger partial charge in [-0.2, -0.15) is 13.2 Å². The average molecular weight is 420 g/mol. The largest absolute Gasteiger partial charge is 0.417 e. The zero-order chi connectivity index (χ0) is 20.8. The second kappa shape index (κ2) is 7.00. The third-order valence-electron chi connectivity index (χ3n) is 4.61. The first-order valence-electron chi connectivity index (χ1n) is 8.49. The molecule has 2 aromatic heterocycles. The van der Waals surface area contributed by atoms with Crippen molar-refractivity contribution in [1.29, 1.82) is 0 Å². The highest BCUT2D eigenvalue weighted by molar-refractivity contribution is 6.34. The molecule has 0 radical (unpaired) electrons. The first-order chi connectivity index (χ1) is 13.8. The van der Waals surface area contributed by atoms with Crippen LogP contribution in [0.25, 0.3) is 11.9 Å². The number of hydrogen-bond acceptors (Lipinski definition) is 4. The molecule has 6 nitrogen and oxygen atoms in total. The molecule has 1 aliphatic heterocycles.